The largest absolute Gasteiger partial charge is 0.392 e. The number of para-hydroxylation sites is 1. The summed E-state index contributed by atoms with van der Waals surface area (Å²) >= 11 is 0. The lowest BCUT2D eigenvalue weighted by molar-refractivity contribution is 0.281. The van der Waals surface area contributed by atoms with Crippen molar-refractivity contribution in [3.05, 3.63) is 29.8 Å². The quantitative estimate of drug-likeness (QED) is 0.748. The minimum absolute atomic E-state index is 0.0865. The molecule has 17 heavy (non-hydrogen) atoms. The van der Waals surface area contributed by atoms with E-state index in [0.717, 1.165) is 17.8 Å². The van der Waals surface area contributed by atoms with Crippen molar-refractivity contribution < 1.29 is 5.11 Å². The summed E-state index contributed by atoms with van der Waals surface area (Å²) in [4.78, 5) is 0. The third kappa shape index (κ3) is 2.99. The molecule has 94 valence electrons. The molecule has 0 radical (unpaired) electrons. The molecule has 1 fully saturated rings. The molecule has 0 spiro atoms. The zero-order valence-electron chi connectivity index (χ0n) is 10.2. The van der Waals surface area contributed by atoms with Crippen molar-refractivity contribution in [2.75, 3.05) is 11.9 Å². The number of hydrogen-bond acceptors (Lipinski definition) is 3. The van der Waals surface area contributed by atoms with Gasteiger partial charge in [-0.3, -0.25) is 0 Å². The number of benzene rings is 1. The monoisotopic (exact) mass is 234 g/mol. The Hall–Kier alpha value is -1.06. The van der Waals surface area contributed by atoms with Crippen molar-refractivity contribution >= 4 is 5.69 Å². The molecule has 2 rings (SSSR count). The fourth-order valence-electron chi connectivity index (χ4n) is 2.68. The fraction of sp³-hybridized carbons (Fsp3) is 0.571. The molecule has 0 saturated heterocycles. The molecular weight excluding hydrogens is 212 g/mol. The van der Waals surface area contributed by atoms with Gasteiger partial charge in [-0.15, -0.1) is 0 Å². The smallest absolute Gasteiger partial charge is 0.0701 e. The third-order valence-corrected chi connectivity index (χ3v) is 3.74. The van der Waals surface area contributed by atoms with Crippen LogP contribution >= 0.6 is 0 Å². The van der Waals surface area contributed by atoms with Gasteiger partial charge in [0.1, 0.15) is 0 Å². The minimum Gasteiger partial charge on any atom is -0.392 e. The van der Waals surface area contributed by atoms with Gasteiger partial charge in [0.05, 0.1) is 6.61 Å². The first-order valence-electron chi connectivity index (χ1n) is 6.50. The summed E-state index contributed by atoms with van der Waals surface area (Å²) in [6.45, 7) is 0.835. The average Bonchev–Trinajstić information content (AvgIpc) is 2.40. The standard InChI is InChI=1S/C14H22N2O/c15-9-11-5-1-3-7-13(11)16-14-8-4-2-6-12(14)10-17/h2,4,6,8,11,13,16-17H,1,3,5,7,9-10,15H2. The van der Waals surface area contributed by atoms with Crippen molar-refractivity contribution in [3.63, 3.8) is 0 Å². The fourth-order valence-corrected chi connectivity index (χ4v) is 2.68. The van der Waals surface area contributed by atoms with Crippen LogP contribution < -0.4 is 11.1 Å². The van der Waals surface area contributed by atoms with E-state index >= 15 is 0 Å². The van der Waals surface area contributed by atoms with Crippen molar-refractivity contribution in [1.29, 1.82) is 0 Å². The molecule has 0 bridgehead atoms. The van der Waals surface area contributed by atoms with Crippen LogP contribution in [0.25, 0.3) is 0 Å². The first kappa shape index (κ1) is 12.4. The van der Waals surface area contributed by atoms with Crippen molar-refractivity contribution in [2.45, 2.75) is 38.3 Å². The zero-order valence-corrected chi connectivity index (χ0v) is 10.2. The molecule has 3 heteroatoms. The van der Waals surface area contributed by atoms with E-state index in [2.05, 4.69) is 5.32 Å². The highest BCUT2D eigenvalue weighted by molar-refractivity contribution is 5.51. The van der Waals surface area contributed by atoms with Gasteiger partial charge in [0.2, 0.25) is 0 Å². The summed E-state index contributed by atoms with van der Waals surface area (Å²) < 4.78 is 0. The van der Waals surface area contributed by atoms with Crippen LogP contribution in [-0.4, -0.2) is 17.7 Å². The van der Waals surface area contributed by atoms with Crippen LogP contribution in [0.3, 0.4) is 0 Å². The molecule has 0 aromatic heterocycles. The Labute approximate surface area is 103 Å². The van der Waals surface area contributed by atoms with Crippen LogP contribution in [0.15, 0.2) is 24.3 Å². The van der Waals surface area contributed by atoms with Crippen molar-refractivity contribution in [2.24, 2.45) is 11.7 Å². The Bertz CT molecular complexity index is 354. The summed E-state index contributed by atoms with van der Waals surface area (Å²) in [5.41, 5.74) is 7.85. The van der Waals surface area contributed by atoms with Gasteiger partial charge in [0, 0.05) is 17.3 Å². The van der Waals surface area contributed by atoms with Gasteiger partial charge in [-0.25, -0.2) is 0 Å². The lowest BCUT2D eigenvalue weighted by Crippen LogP contribution is -2.36. The average molecular weight is 234 g/mol. The van der Waals surface area contributed by atoms with E-state index in [-0.39, 0.29) is 6.61 Å². The highest BCUT2D eigenvalue weighted by atomic mass is 16.3. The second-order valence-corrected chi connectivity index (χ2v) is 4.85. The highest BCUT2D eigenvalue weighted by Crippen LogP contribution is 2.27. The number of nitrogens with two attached hydrogens (primary N) is 1. The lowest BCUT2D eigenvalue weighted by Gasteiger charge is -2.32. The molecule has 1 aliphatic rings. The van der Waals surface area contributed by atoms with Crippen LogP contribution in [0.5, 0.6) is 0 Å². The summed E-state index contributed by atoms with van der Waals surface area (Å²) in [6.07, 6.45) is 4.97. The minimum atomic E-state index is 0.0865. The third-order valence-electron chi connectivity index (χ3n) is 3.74. The Morgan fingerprint density at radius 1 is 1.24 bits per heavy atom. The van der Waals surface area contributed by atoms with Gasteiger partial charge in [-0.2, -0.15) is 0 Å². The number of nitrogens with one attached hydrogen (secondary N) is 1. The van der Waals surface area contributed by atoms with Crippen molar-refractivity contribution in [1.82, 2.24) is 0 Å². The lowest BCUT2D eigenvalue weighted by atomic mass is 9.84. The second kappa shape index (κ2) is 6.03. The molecule has 2 unspecified atom stereocenters. The van der Waals surface area contributed by atoms with Crippen LogP contribution in [0.1, 0.15) is 31.2 Å². The van der Waals surface area contributed by atoms with E-state index in [1.54, 1.807) is 0 Å². The maximum atomic E-state index is 9.31. The summed E-state index contributed by atoms with van der Waals surface area (Å²) in [5.74, 6) is 0.565. The number of anilines is 1. The van der Waals surface area contributed by atoms with Gasteiger partial charge in [0.15, 0.2) is 0 Å². The topological polar surface area (TPSA) is 58.3 Å². The van der Waals surface area contributed by atoms with E-state index in [4.69, 9.17) is 5.73 Å². The van der Waals surface area contributed by atoms with E-state index in [0.29, 0.717) is 12.0 Å². The van der Waals surface area contributed by atoms with E-state index < -0.39 is 0 Å². The number of hydrogen-bond donors (Lipinski definition) is 3. The zero-order chi connectivity index (χ0) is 12.1. The van der Waals surface area contributed by atoms with Crippen LogP contribution in [0, 0.1) is 5.92 Å². The van der Waals surface area contributed by atoms with Gasteiger partial charge in [-0.05, 0) is 31.4 Å². The molecule has 1 aliphatic carbocycles. The van der Waals surface area contributed by atoms with E-state index in [1.165, 1.54) is 25.7 Å². The Morgan fingerprint density at radius 3 is 2.76 bits per heavy atom. The second-order valence-electron chi connectivity index (χ2n) is 4.85. The first-order valence-corrected chi connectivity index (χ1v) is 6.50. The molecule has 1 aromatic rings. The number of aliphatic hydroxyl groups excluding tert-OH is 1. The highest BCUT2D eigenvalue weighted by Gasteiger charge is 2.24. The Morgan fingerprint density at radius 2 is 2.00 bits per heavy atom. The molecule has 1 saturated carbocycles. The molecule has 3 nitrogen and oxygen atoms in total. The molecule has 0 aliphatic heterocycles. The SMILES string of the molecule is NCC1CCCCC1Nc1ccccc1CO. The summed E-state index contributed by atoms with van der Waals surface area (Å²) in [5, 5.41) is 12.9. The molecule has 2 atom stereocenters. The number of rotatable bonds is 4. The molecule has 4 N–H and O–H groups in total. The maximum Gasteiger partial charge on any atom is 0.0701 e. The van der Waals surface area contributed by atoms with Gasteiger partial charge >= 0.3 is 0 Å². The Kier molecular flexibility index (Phi) is 4.40. The molecule has 0 heterocycles. The summed E-state index contributed by atoms with van der Waals surface area (Å²) in [7, 11) is 0. The van der Waals surface area contributed by atoms with Crippen LogP contribution in [0.4, 0.5) is 5.69 Å². The molecule has 0 amide bonds. The van der Waals surface area contributed by atoms with Gasteiger partial charge < -0.3 is 16.2 Å². The Balaban J connectivity index is 2.08. The van der Waals surface area contributed by atoms with Crippen molar-refractivity contribution in [3.8, 4) is 0 Å². The van der Waals surface area contributed by atoms with Gasteiger partial charge in [-0.1, -0.05) is 31.0 Å². The van der Waals surface area contributed by atoms with Gasteiger partial charge in [0.25, 0.3) is 0 Å². The van der Waals surface area contributed by atoms with E-state index in [9.17, 15) is 5.11 Å². The molecular formula is C14H22N2O. The maximum absolute atomic E-state index is 9.31. The van der Waals surface area contributed by atoms with E-state index in [1.807, 2.05) is 24.3 Å². The number of aliphatic hydroxyl groups is 1. The predicted molar refractivity (Wildman–Crippen MR) is 70.8 cm³/mol. The first-order chi connectivity index (χ1) is 8.35. The summed E-state index contributed by atoms with van der Waals surface area (Å²) in [6, 6.07) is 8.41. The molecule has 1 aromatic carbocycles. The van der Waals surface area contributed by atoms with Crippen LogP contribution in [0.2, 0.25) is 0 Å². The van der Waals surface area contributed by atoms with Crippen LogP contribution in [-0.2, 0) is 6.61 Å². The normalized spacial score (nSPS) is 24.6. The predicted octanol–water partition coefficient (Wildman–Crippen LogP) is 2.11.